The summed E-state index contributed by atoms with van der Waals surface area (Å²) in [6.07, 6.45) is 46.6. The van der Waals surface area contributed by atoms with Gasteiger partial charge < -0.3 is 14.2 Å². The molecule has 0 aromatic carbocycles. The molecule has 0 unspecified atom stereocenters. The average molecular weight is 807 g/mol. The number of esters is 3. The van der Waals surface area contributed by atoms with Crippen LogP contribution in [-0.2, 0) is 28.6 Å². The quantitative estimate of drug-likeness (QED) is 0.0346. The molecule has 6 heteroatoms. The molecular formula is C51H98O6. The maximum absolute atomic E-state index is 12.7. The molecule has 0 aromatic rings. The van der Waals surface area contributed by atoms with Crippen LogP contribution in [0.1, 0.15) is 285 Å². The van der Waals surface area contributed by atoms with E-state index in [0.29, 0.717) is 19.3 Å². The van der Waals surface area contributed by atoms with Gasteiger partial charge in [0.05, 0.1) is 0 Å². The van der Waals surface area contributed by atoms with Crippen molar-refractivity contribution in [3.05, 3.63) is 0 Å². The summed E-state index contributed by atoms with van der Waals surface area (Å²) in [7, 11) is 0. The van der Waals surface area contributed by atoms with Gasteiger partial charge in [-0.25, -0.2) is 0 Å². The van der Waals surface area contributed by atoms with Gasteiger partial charge in [0.1, 0.15) is 13.2 Å². The van der Waals surface area contributed by atoms with Crippen molar-refractivity contribution in [2.75, 3.05) is 13.2 Å². The van der Waals surface area contributed by atoms with Gasteiger partial charge in [-0.15, -0.1) is 0 Å². The van der Waals surface area contributed by atoms with Crippen LogP contribution >= 0.6 is 0 Å². The molecule has 0 aliphatic rings. The van der Waals surface area contributed by atoms with Gasteiger partial charge in [-0.05, 0) is 25.2 Å². The molecule has 57 heavy (non-hydrogen) atoms. The van der Waals surface area contributed by atoms with Crippen molar-refractivity contribution < 1.29 is 28.6 Å². The molecule has 6 nitrogen and oxygen atoms in total. The zero-order chi connectivity index (χ0) is 41.7. The summed E-state index contributed by atoms with van der Waals surface area (Å²) in [5.41, 5.74) is 0. The average Bonchev–Trinajstić information content (AvgIpc) is 3.19. The van der Waals surface area contributed by atoms with E-state index in [9.17, 15) is 14.4 Å². The largest absolute Gasteiger partial charge is 0.462 e. The number of hydrogen-bond acceptors (Lipinski definition) is 6. The van der Waals surface area contributed by atoms with Gasteiger partial charge in [-0.3, -0.25) is 14.4 Å². The van der Waals surface area contributed by atoms with E-state index < -0.39 is 6.10 Å². The standard InChI is InChI=1S/C51H98O6/c1-5-7-9-11-13-15-17-18-19-20-21-22-23-27-30-34-38-42-49(52)55-45-48(57-51(54)44-40-36-32-26-16-14-12-10-8-6-2)46-56-50(53)43-39-35-31-28-24-25-29-33-37-41-47(3)4/h47-48H,5-46H2,1-4H3/t48-/m0/s1. The van der Waals surface area contributed by atoms with Crippen LogP contribution in [0.3, 0.4) is 0 Å². The number of hydrogen-bond donors (Lipinski definition) is 0. The Morgan fingerprint density at radius 3 is 0.860 bits per heavy atom. The third-order valence-electron chi connectivity index (χ3n) is 11.5. The minimum Gasteiger partial charge on any atom is -0.462 e. The van der Waals surface area contributed by atoms with Crippen molar-refractivity contribution in [3.8, 4) is 0 Å². The number of carbonyl (C=O) groups is 3. The van der Waals surface area contributed by atoms with E-state index in [4.69, 9.17) is 14.2 Å². The Morgan fingerprint density at radius 1 is 0.333 bits per heavy atom. The summed E-state index contributed by atoms with van der Waals surface area (Å²) in [4.78, 5) is 37.8. The molecule has 0 rings (SSSR count). The lowest BCUT2D eigenvalue weighted by Crippen LogP contribution is -2.30. The second-order valence-corrected chi connectivity index (χ2v) is 17.9. The Bertz CT molecular complexity index is 857. The Balaban J connectivity index is 4.25. The van der Waals surface area contributed by atoms with E-state index >= 15 is 0 Å². The van der Waals surface area contributed by atoms with Gasteiger partial charge in [0.15, 0.2) is 6.10 Å². The summed E-state index contributed by atoms with van der Waals surface area (Å²) in [5, 5.41) is 0. The first-order chi connectivity index (χ1) is 27.9. The first-order valence-corrected chi connectivity index (χ1v) is 25.4. The SMILES string of the molecule is CCCCCCCCCCCCCCCCCCCC(=O)OC[C@@H](COC(=O)CCCCCCCCCCCC(C)C)OC(=O)CCCCCCCCCCCC. The molecule has 0 aliphatic carbocycles. The van der Waals surface area contributed by atoms with E-state index in [1.165, 1.54) is 180 Å². The van der Waals surface area contributed by atoms with E-state index in [1.54, 1.807) is 0 Å². The van der Waals surface area contributed by atoms with Crippen LogP contribution in [0.25, 0.3) is 0 Å². The molecule has 0 heterocycles. The predicted molar refractivity (Wildman–Crippen MR) is 243 cm³/mol. The van der Waals surface area contributed by atoms with Crippen LogP contribution in [0.2, 0.25) is 0 Å². The molecule has 0 N–H and O–H groups in total. The minimum absolute atomic E-state index is 0.0632. The summed E-state index contributed by atoms with van der Waals surface area (Å²) >= 11 is 0. The maximum atomic E-state index is 12.7. The lowest BCUT2D eigenvalue weighted by atomic mass is 10.0. The van der Waals surface area contributed by atoms with Crippen molar-refractivity contribution in [3.63, 3.8) is 0 Å². The van der Waals surface area contributed by atoms with Gasteiger partial charge in [-0.1, -0.05) is 246 Å². The van der Waals surface area contributed by atoms with E-state index in [2.05, 4.69) is 27.7 Å². The topological polar surface area (TPSA) is 78.9 Å². The van der Waals surface area contributed by atoms with E-state index in [-0.39, 0.29) is 31.1 Å². The molecule has 0 saturated carbocycles. The van der Waals surface area contributed by atoms with Crippen LogP contribution < -0.4 is 0 Å². The van der Waals surface area contributed by atoms with Crippen LogP contribution in [0.4, 0.5) is 0 Å². The Labute approximate surface area is 355 Å². The fourth-order valence-electron chi connectivity index (χ4n) is 7.69. The minimum atomic E-state index is -0.760. The normalized spacial score (nSPS) is 11.9. The molecule has 0 aromatic heterocycles. The van der Waals surface area contributed by atoms with Gasteiger partial charge in [-0.2, -0.15) is 0 Å². The molecule has 0 radical (unpaired) electrons. The van der Waals surface area contributed by atoms with Crippen molar-refractivity contribution in [1.82, 2.24) is 0 Å². The smallest absolute Gasteiger partial charge is 0.306 e. The Kier molecular flexibility index (Phi) is 44.2. The van der Waals surface area contributed by atoms with Gasteiger partial charge in [0.25, 0.3) is 0 Å². The van der Waals surface area contributed by atoms with Crippen molar-refractivity contribution in [2.24, 2.45) is 5.92 Å². The van der Waals surface area contributed by atoms with Crippen molar-refractivity contribution >= 4 is 17.9 Å². The van der Waals surface area contributed by atoms with E-state index in [0.717, 1.165) is 63.7 Å². The summed E-state index contributed by atoms with van der Waals surface area (Å²) in [5.74, 6) is -0.0402. The third kappa shape index (κ3) is 45.3. The van der Waals surface area contributed by atoms with Crippen molar-refractivity contribution in [1.29, 1.82) is 0 Å². The fourth-order valence-corrected chi connectivity index (χ4v) is 7.69. The summed E-state index contributed by atoms with van der Waals surface area (Å²) in [6.45, 7) is 8.99. The first-order valence-electron chi connectivity index (χ1n) is 25.4. The number of ether oxygens (including phenoxy) is 3. The molecule has 0 saturated heterocycles. The highest BCUT2D eigenvalue weighted by Crippen LogP contribution is 2.17. The van der Waals surface area contributed by atoms with Crippen LogP contribution in [-0.4, -0.2) is 37.2 Å². The highest BCUT2D eigenvalue weighted by Gasteiger charge is 2.19. The van der Waals surface area contributed by atoms with Crippen molar-refractivity contribution in [2.45, 2.75) is 291 Å². The molecular weight excluding hydrogens is 709 g/mol. The summed E-state index contributed by atoms with van der Waals surface area (Å²) in [6, 6.07) is 0. The third-order valence-corrected chi connectivity index (χ3v) is 11.5. The highest BCUT2D eigenvalue weighted by atomic mass is 16.6. The monoisotopic (exact) mass is 807 g/mol. The zero-order valence-corrected chi connectivity index (χ0v) is 38.8. The van der Waals surface area contributed by atoms with Crippen LogP contribution in [0, 0.1) is 5.92 Å². The fraction of sp³-hybridized carbons (Fsp3) is 0.941. The molecule has 0 spiro atoms. The van der Waals surface area contributed by atoms with E-state index in [1.807, 2.05) is 0 Å². The van der Waals surface area contributed by atoms with Gasteiger partial charge in [0, 0.05) is 19.3 Å². The Hall–Kier alpha value is -1.59. The Morgan fingerprint density at radius 2 is 0.579 bits per heavy atom. The zero-order valence-electron chi connectivity index (χ0n) is 38.8. The molecule has 0 bridgehead atoms. The molecule has 338 valence electrons. The number of carbonyl (C=O) groups excluding carboxylic acids is 3. The van der Waals surface area contributed by atoms with Gasteiger partial charge in [0.2, 0.25) is 0 Å². The highest BCUT2D eigenvalue weighted by molar-refractivity contribution is 5.71. The molecule has 0 amide bonds. The van der Waals surface area contributed by atoms with Gasteiger partial charge >= 0.3 is 17.9 Å². The van der Waals surface area contributed by atoms with Crippen LogP contribution in [0.15, 0.2) is 0 Å². The lowest BCUT2D eigenvalue weighted by Gasteiger charge is -2.18. The number of unbranched alkanes of at least 4 members (excludes halogenated alkanes) is 33. The lowest BCUT2D eigenvalue weighted by molar-refractivity contribution is -0.167. The molecule has 1 atom stereocenters. The first kappa shape index (κ1) is 55.4. The maximum Gasteiger partial charge on any atom is 0.306 e. The number of rotatable bonds is 46. The molecule has 0 aliphatic heterocycles. The second kappa shape index (κ2) is 45.5. The molecule has 0 fully saturated rings. The van der Waals surface area contributed by atoms with Crippen LogP contribution in [0.5, 0.6) is 0 Å². The summed E-state index contributed by atoms with van der Waals surface area (Å²) < 4.78 is 16.8. The predicted octanol–water partition coefficient (Wildman–Crippen LogP) is 16.3. The second-order valence-electron chi connectivity index (χ2n) is 17.9.